The molecular weight excluding hydrogens is 228 g/mol. The molecule has 0 spiro atoms. The van der Waals surface area contributed by atoms with E-state index in [0.29, 0.717) is 5.57 Å². The summed E-state index contributed by atoms with van der Waals surface area (Å²) < 4.78 is 5.34. The van der Waals surface area contributed by atoms with E-state index >= 15 is 0 Å². The molecule has 0 aromatic carbocycles. The lowest BCUT2D eigenvalue weighted by Gasteiger charge is -2.16. The molecule has 3 heteroatoms. The van der Waals surface area contributed by atoms with Crippen LogP contribution in [0, 0.1) is 11.8 Å². The van der Waals surface area contributed by atoms with Gasteiger partial charge in [-0.25, -0.2) is 4.79 Å². The van der Waals surface area contributed by atoms with Crippen LogP contribution in [0.2, 0.25) is 0 Å². The quantitative estimate of drug-likeness (QED) is 0.555. The fourth-order valence-corrected chi connectivity index (χ4v) is 2.57. The molecule has 1 fully saturated rings. The normalized spacial score (nSPS) is 31.9. The van der Waals surface area contributed by atoms with Crippen molar-refractivity contribution in [3.63, 3.8) is 0 Å². The maximum absolute atomic E-state index is 11.5. The number of rotatable bonds is 2. The first kappa shape index (κ1) is 12.8. The Morgan fingerprint density at radius 2 is 2.28 bits per heavy atom. The second-order valence-electron chi connectivity index (χ2n) is 5.10. The minimum absolute atomic E-state index is 0.0448. The maximum atomic E-state index is 11.5. The van der Waals surface area contributed by atoms with Gasteiger partial charge in [-0.2, -0.15) is 0 Å². The van der Waals surface area contributed by atoms with Crippen LogP contribution in [-0.2, 0) is 14.3 Å². The van der Waals surface area contributed by atoms with Crippen molar-refractivity contribution < 1.29 is 14.3 Å². The summed E-state index contributed by atoms with van der Waals surface area (Å²) in [6.45, 7) is 7.44. The van der Waals surface area contributed by atoms with E-state index in [4.69, 9.17) is 4.74 Å². The van der Waals surface area contributed by atoms with Crippen molar-refractivity contribution in [2.75, 3.05) is 0 Å². The van der Waals surface area contributed by atoms with E-state index in [2.05, 4.69) is 19.6 Å². The molecule has 0 bridgehead atoms. The van der Waals surface area contributed by atoms with Crippen LogP contribution < -0.4 is 0 Å². The zero-order chi connectivity index (χ0) is 13.3. The Morgan fingerprint density at radius 1 is 1.56 bits per heavy atom. The molecule has 3 unspecified atom stereocenters. The summed E-state index contributed by atoms with van der Waals surface area (Å²) in [6.07, 6.45) is 7.06. The lowest BCUT2D eigenvalue weighted by atomic mass is 9.91. The number of ether oxygens (including phenoxy) is 1. The number of allylic oxidation sites excluding steroid dienone is 4. The zero-order valence-corrected chi connectivity index (χ0v) is 10.8. The van der Waals surface area contributed by atoms with E-state index in [-0.39, 0.29) is 29.7 Å². The lowest BCUT2D eigenvalue weighted by Crippen LogP contribution is -2.17. The molecule has 1 aliphatic carbocycles. The second-order valence-corrected chi connectivity index (χ2v) is 5.10. The van der Waals surface area contributed by atoms with Gasteiger partial charge in [0.05, 0.1) is 0 Å². The van der Waals surface area contributed by atoms with E-state index in [1.807, 2.05) is 6.08 Å². The van der Waals surface area contributed by atoms with Crippen molar-refractivity contribution in [3.8, 4) is 0 Å². The average Bonchev–Trinajstić information content (AvgIpc) is 2.46. The number of carbonyl (C=O) groups is 2. The predicted octanol–water partition coefficient (Wildman–Crippen LogP) is 2.59. The Morgan fingerprint density at radius 3 is 2.94 bits per heavy atom. The third kappa shape index (κ3) is 2.45. The maximum Gasteiger partial charge on any atom is 0.334 e. The number of ketones is 1. The first-order valence-corrected chi connectivity index (χ1v) is 6.27. The monoisotopic (exact) mass is 246 g/mol. The van der Waals surface area contributed by atoms with Crippen LogP contribution in [0.15, 0.2) is 36.0 Å². The van der Waals surface area contributed by atoms with Crippen molar-refractivity contribution in [1.82, 2.24) is 0 Å². The van der Waals surface area contributed by atoms with Crippen LogP contribution in [-0.4, -0.2) is 17.9 Å². The van der Waals surface area contributed by atoms with E-state index in [1.54, 1.807) is 6.08 Å². The lowest BCUT2D eigenvalue weighted by molar-refractivity contribution is -0.139. The van der Waals surface area contributed by atoms with Gasteiger partial charge in [-0.3, -0.25) is 4.79 Å². The van der Waals surface area contributed by atoms with Gasteiger partial charge in [-0.15, -0.1) is 0 Å². The molecule has 1 heterocycles. The first-order chi connectivity index (χ1) is 8.49. The summed E-state index contributed by atoms with van der Waals surface area (Å²) in [5.74, 6) is 0.175. The van der Waals surface area contributed by atoms with Gasteiger partial charge in [0.15, 0.2) is 5.78 Å². The second kappa shape index (κ2) is 4.92. The molecule has 0 radical (unpaired) electrons. The smallest absolute Gasteiger partial charge is 0.334 e. The van der Waals surface area contributed by atoms with E-state index in [0.717, 1.165) is 18.4 Å². The first-order valence-electron chi connectivity index (χ1n) is 6.27. The van der Waals surface area contributed by atoms with Crippen LogP contribution in [0.5, 0.6) is 0 Å². The Bertz CT molecular complexity index is 456. The molecule has 0 amide bonds. The molecule has 0 aromatic rings. The summed E-state index contributed by atoms with van der Waals surface area (Å²) in [4.78, 5) is 22.4. The van der Waals surface area contributed by atoms with Gasteiger partial charge in [0.25, 0.3) is 0 Å². The molecule has 0 N–H and O–H groups in total. The summed E-state index contributed by atoms with van der Waals surface area (Å²) in [5.41, 5.74) is 1.73. The summed E-state index contributed by atoms with van der Waals surface area (Å²) in [5, 5.41) is 0. The highest BCUT2D eigenvalue weighted by Gasteiger charge is 2.40. The summed E-state index contributed by atoms with van der Waals surface area (Å²) in [6, 6.07) is 0. The topological polar surface area (TPSA) is 43.4 Å². The number of esters is 1. The highest BCUT2D eigenvalue weighted by atomic mass is 16.6. The molecule has 96 valence electrons. The van der Waals surface area contributed by atoms with Crippen molar-refractivity contribution in [2.45, 2.75) is 32.8 Å². The summed E-state index contributed by atoms with van der Waals surface area (Å²) in [7, 11) is 0. The zero-order valence-electron chi connectivity index (χ0n) is 10.8. The number of hydrogen-bond donors (Lipinski definition) is 0. The molecule has 18 heavy (non-hydrogen) atoms. The third-order valence-electron chi connectivity index (χ3n) is 3.69. The van der Waals surface area contributed by atoms with E-state index < -0.39 is 0 Å². The Balaban J connectivity index is 2.18. The molecule has 2 rings (SSSR count). The van der Waals surface area contributed by atoms with Crippen molar-refractivity contribution in [1.29, 1.82) is 0 Å². The number of hydrogen-bond acceptors (Lipinski definition) is 3. The minimum atomic E-state index is -0.256. The van der Waals surface area contributed by atoms with Gasteiger partial charge in [-0.1, -0.05) is 25.7 Å². The van der Waals surface area contributed by atoms with Crippen LogP contribution in [0.25, 0.3) is 0 Å². The molecule has 3 atom stereocenters. The molecule has 2 aliphatic rings. The highest BCUT2D eigenvalue weighted by molar-refractivity contribution is 5.91. The van der Waals surface area contributed by atoms with Crippen molar-refractivity contribution in [2.24, 2.45) is 11.8 Å². The van der Waals surface area contributed by atoms with Gasteiger partial charge in [0, 0.05) is 11.5 Å². The molecule has 1 aliphatic heterocycles. The highest BCUT2D eigenvalue weighted by Crippen LogP contribution is 2.38. The van der Waals surface area contributed by atoms with E-state index in [1.165, 1.54) is 6.92 Å². The summed E-state index contributed by atoms with van der Waals surface area (Å²) >= 11 is 0. The molecular formula is C15H18O3. The average molecular weight is 246 g/mol. The Hall–Kier alpha value is -1.64. The molecule has 1 saturated heterocycles. The van der Waals surface area contributed by atoms with Gasteiger partial charge in [0.1, 0.15) is 6.10 Å². The standard InChI is InChI=1S/C15H18O3/c1-9-8-14-13(11(3)15(17)18-14)7-6-12(9)5-4-10(2)16/h4-6,9,13-14H,3,7-8H2,1-2H3. The third-order valence-corrected chi connectivity index (χ3v) is 3.69. The number of carbonyl (C=O) groups excluding carboxylic acids is 2. The number of fused-ring (bicyclic) bond motifs is 1. The molecule has 3 nitrogen and oxygen atoms in total. The van der Waals surface area contributed by atoms with Crippen LogP contribution in [0.1, 0.15) is 26.7 Å². The molecule has 0 aromatic heterocycles. The molecule has 0 saturated carbocycles. The van der Waals surface area contributed by atoms with Gasteiger partial charge < -0.3 is 4.74 Å². The SMILES string of the molecule is C=C1C(=O)OC2CC(C)C(C=CC(C)=O)=CCC12. The Labute approximate surface area is 107 Å². The largest absolute Gasteiger partial charge is 0.458 e. The minimum Gasteiger partial charge on any atom is -0.458 e. The van der Waals surface area contributed by atoms with Crippen molar-refractivity contribution >= 4 is 11.8 Å². The van der Waals surface area contributed by atoms with Gasteiger partial charge in [0.2, 0.25) is 0 Å². The fourth-order valence-electron chi connectivity index (χ4n) is 2.57. The Kier molecular flexibility index (Phi) is 3.50. The predicted molar refractivity (Wildman–Crippen MR) is 68.8 cm³/mol. The fraction of sp³-hybridized carbons (Fsp3) is 0.467. The van der Waals surface area contributed by atoms with Crippen LogP contribution in [0.3, 0.4) is 0 Å². The van der Waals surface area contributed by atoms with Crippen LogP contribution in [0.4, 0.5) is 0 Å². The van der Waals surface area contributed by atoms with Crippen LogP contribution >= 0.6 is 0 Å². The van der Waals surface area contributed by atoms with E-state index in [9.17, 15) is 9.59 Å². The van der Waals surface area contributed by atoms with Gasteiger partial charge >= 0.3 is 5.97 Å². The van der Waals surface area contributed by atoms with Crippen molar-refractivity contribution in [3.05, 3.63) is 36.0 Å². The van der Waals surface area contributed by atoms with Gasteiger partial charge in [-0.05, 0) is 37.3 Å².